The van der Waals surface area contributed by atoms with Crippen LogP contribution in [0.1, 0.15) is 38.5 Å². The van der Waals surface area contributed by atoms with Gasteiger partial charge >= 0.3 is 0 Å². The molecule has 1 aliphatic carbocycles. The summed E-state index contributed by atoms with van der Waals surface area (Å²) in [5, 5.41) is 12.7. The Morgan fingerprint density at radius 3 is 2.57 bits per heavy atom. The van der Waals surface area contributed by atoms with Gasteiger partial charge in [-0.1, -0.05) is 0 Å². The fourth-order valence-corrected chi connectivity index (χ4v) is 1.85. The number of hydrogen-bond donors (Lipinski definition) is 3. The molecule has 0 aliphatic heterocycles. The fourth-order valence-electron chi connectivity index (χ4n) is 1.85. The SMILES string of the molecule is NC(=O)CCCNC1CCC(O)CC1. The maximum absolute atomic E-state index is 10.5. The van der Waals surface area contributed by atoms with Crippen LogP contribution in [0.4, 0.5) is 0 Å². The molecule has 0 unspecified atom stereocenters. The lowest BCUT2D eigenvalue weighted by Crippen LogP contribution is -2.35. The van der Waals surface area contributed by atoms with Crippen molar-refractivity contribution in [1.82, 2.24) is 5.32 Å². The topological polar surface area (TPSA) is 75.4 Å². The van der Waals surface area contributed by atoms with Gasteiger partial charge in [0.15, 0.2) is 0 Å². The van der Waals surface area contributed by atoms with E-state index in [4.69, 9.17) is 5.73 Å². The van der Waals surface area contributed by atoms with Crippen molar-refractivity contribution in [3.63, 3.8) is 0 Å². The number of rotatable bonds is 5. The maximum Gasteiger partial charge on any atom is 0.217 e. The molecule has 14 heavy (non-hydrogen) atoms. The molecule has 4 nitrogen and oxygen atoms in total. The molecule has 4 N–H and O–H groups in total. The van der Waals surface area contributed by atoms with Crippen LogP contribution in [0.2, 0.25) is 0 Å². The molecule has 82 valence electrons. The molecule has 1 fully saturated rings. The summed E-state index contributed by atoms with van der Waals surface area (Å²) < 4.78 is 0. The molecule has 0 aromatic heterocycles. The number of primary amides is 1. The molecule has 0 spiro atoms. The molecule has 4 heteroatoms. The average molecular weight is 200 g/mol. The Kier molecular flexibility index (Phi) is 4.90. The molecule has 0 saturated heterocycles. The van der Waals surface area contributed by atoms with E-state index in [1.165, 1.54) is 0 Å². The summed E-state index contributed by atoms with van der Waals surface area (Å²) in [5.41, 5.74) is 5.03. The summed E-state index contributed by atoms with van der Waals surface area (Å²) in [6.07, 6.45) is 5.05. The van der Waals surface area contributed by atoms with Crippen LogP contribution in [-0.4, -0.2) is 29.7 Å². The van der Waals surface area contributed by atoms with Gasteiger partial charge in [-0.25, -0.2) is 0 Å². The third-order valence-corrected chi connectivity index (χ3v) is 2.73. The van der Waals surface area contributed by atoms with E-state index in [0.717, 1.165) is 38.6 Å². The number of nitrogens with one attached hydrogen (secondary N) is 1. The quantitative estimate of drug-likeness (QED) is 0.553. The van der Waals surface area contributed by atoms with Crippen LogP contribution in [0, 0.1) is 0 Å². The highest BCUT2D eigenvalue weighted by molar-refractivity contribution is 5.73. The Hall–Kier alpha value is -0.610. The van der Waals surface area contributed by atoms with Gasteiger partial charge in [-0.05, 0) is 38.6 Å². The maximum atomic E-state index is 10.5. The first kappa shape index (κ1) is 11.5. The van der Waals surface area contributed by atoms with Gasteiger partial charge in [0.25, 0.3) is 0 Å². The van der Waals surface area contributed by atoms with Crippen molar-refractivity contribution in [3.05, 3.63) is 0 Å². The Balaban J connectivity index is 1.99. The molecule has 1 amide bonds. The molecular weight excluding hydrogens is 180 g/mol. The standard InChI is InChI=1S/C10H20N2O2/c11-10(14)2-1-7-12-8-3-5-9(13)6-4-8/h8-9,12-13H,1-7H2,(H2,11,14). The van der Waals surface area contributed by atoms with E-state index in [1.54, 1.807) is 0 Å². The van der Waals surface area contributed by atoms with Crippen molar-refractivity contribution in [2.75, 3.05) is 6.54 Å². The smallest absolute Gasteiger partial charge is 0.217 e. The van der Waals surface area contributed by atoms with Crippen molar-refractivity contribution < 1.29 is 9.90 Å². The minimum absolute atomic E-state index is 0.0985. The minimum atomic E-state index is -0.231. The van der Waals surface area contributed by atoms with Crippen LogP contribution in [0.5, 0.6) is 0 Å². The molecule has 1 saturated carbocycles. The fraction of sp³-hybridized carbons (Fsp3) is 0.900. The van der Waals surface area contributed by atoms with E-state index in [1.807, 2.05) is 0 Å². The van der Waals surface area contributed by atoms with Gasteiger partial charge in [-0.15, -0.1) is 0 Å². The van der Waals surface area contributed by atoms with Gasteiger partial charge in [0, 0.05) is 12.5 Å². The lowest BCUT2D eigenvalue weighted by Gasteiger charge is -2.26. The number of aliphatic hydroxyl groups excluding tert-OH is 1. The predicted octanol–water partition coefficient (Wildman–Crippen LogP) is 0.145. The summed E-state index contributed by atoms with van der Waals surface area (Å²) in [6, 6.07) is 0.520. The van der Waals surface area contributed by atoms with Crippen molar-refractivity contribution >= 4 is 5.91 Å². The second kappa shape index (κ2) is 5.98. The van der Waals surface area contributed by atoms with Crippen molar-refractivity contribution in [3.8, 4) is 0 Å². The van der Waals surface area contributed by atoms with Gasteiger partial charge in [-0.2, -0.15) is 0 Å². The van der Waals surface area contributed by atoms with Crippen LogP contribution in [0.15, 0.2) is 0 Å². The summed E-state index contributed by atoms with van der Waals surface area (Å²) in [5.74, 6) is -0.231. The first-order valence-electron chi connectivity index (χ1n) is 5.38. The molecule has 0 bridgehead atoms. The second-order valence-electron chi connectivity index (χ2n) is 4.03. The first-order valence-corrected chi connectivity index (χ1v) is 5.38. The van der Waals surface area contributed by atoms with Gasteiger partial charge in [0.2, 0.25) is 5.91 Å². The summed E-state index contributed by atoms with van der Waals surface area (Å²) >= 11 is 0. The van der Waals surface area contributed by atoms with Gasteiger partial charge in [0.05, 0.1) is 6.10 Å². The van der Waals surface area contributed by atoms with Crippen LogP contribution in [-0.2, 0) is 4.79 Å². The minimum Gasteiger partial charge on any atom is -0.393 e. The monoisotopic (exact) mass is 200 g/mol. The number of carbonyl (C=O) groups is 1. The highest BCUT2D eigenvalue weighted by Gasteiger charge is 2.18. The summed E-state index contributed by atoms with van der Waals surface area (Å²) in [4.78, 5) is 10.5. The predicted molar refractivity (Wildman–Crippen MR) is 54.7 cm³/mol. The molecule has 0 radical (unpaired) electrons. The molecule has 0 aromatic rings. The molecule has 0 aromatic carbocycles. The largest absolute Gasteiger partial charge is 0.393 e. The zero-order chi connectivity index (χ0) is 10.4. The Bertz CT molecular complexity index is 177. The number of aliphatic hydroxyl groups is 1. The van der Waals surface area contributed by atoms with E-state index in [-0.39, 0.29) is 12.0 Å². The Morgan fingerprint density at radius 2 is 2.00 bits per heavy atom. The molecule has 0 atom stereocenters. The van der Waals surface area contributed by atoms with Crippen molar-refractivity contribution in [1.29, 1.82) is 0 Å². The normalized spacial score (nSPS) is 27.5. The van der Waals surface area contributed by atoms with Crippen LogP contribution in [0.3, 0.4) is 0 Å². The van der Waals surface area contributed by atoms with Crippen molar-refractivity contribution in [2.24, 2.45) is 5.73 Å². The van der Waals surface area contributed by atoms with E-state index < -0.39 is 0 Å². The van der Waals surface area contributed by atoms with Crippen LogP contribution >= 0.6 is 0 Å². The molecular formula is C10H20N2O2. The lowest BCUT2D eigenvalue weighted by atomic mass is 9.93. The van der Waals surface area contributed by atoms with Gasteiger partial charge in [0.1, 0.15) is 0 Å². The zero-order valence-corrected chi connectivity index (χ0v) is 8.54. The van der Waals surface area contributed by atoms with Gasteiger partial charge < -0.3 is 16.2 Å². The van der Waals surface area contributed by atoms with E-state index in [2.05, 4.69) is 5.32 Å². The first-order chi connectivity index (χ1) is 6.68. The van der Waals surface area contributed by atoms with Gasteiger partial charge in [-0.3, -0.25) is 4.79 Å². The lowest BCUT2D eigenvalue weighted by molar-refractivity contribution is -0.118. The number of nitrogens with two attached hydrogens (primary N) is 1. The number of hydrogen-bond acceptors (Lipinski definition) is 3. The molecule has 1 rings (SSSR count). The van der Waals surface area contributed by atoms with E-state index >= 15 is 0 Å². The number of amides is 1. The third-order valence-electron chi connectivity index (χ3n) is 2.73. The summed E-state index contributed by atoms with van der Waals surface area (Å²) in [6.45, 7) is 0.851. The number of carbonyl (C=O) groups excluding carboxylic acids is 1. The molecule has 1 aliphatic rings. The van der Waals surface area contributed by atoms with Crippen molar-refractivity contribution in [2.45, 2.75) is 50.7 Å². The summed E-state index contributed by atoms with van der Waals surface area (Å²) in [7, 11) is 0. The average Bonchev–Trinajstić information content (AvgIpc) is 2.15. The zero-order valence-electron chi connectivity index (χ0n) is 8.54. The second-order valence-corrected chi connectivity index (χ2v) is 4.03. The van der Waals surface area contributed by atoms with E-state index in [0.29, 0.717) is 12.5 Å². The Morgan fingerprint density at radius 1 is 1.36 bits per heavy atom. The Labute approximate surface area is 84.9 Å². The highest BCUT2D eigenvalue weighted by atomic mass is 16.3. The van der Waals surface area contributed by atoms with Crippen LogP contribution in [0.25, 0.3) is 0 Å². The third kappa shape index (κ3) is 4.58. The molecule has 0 heterocycles. The van der Waals surface area contributed by atoms with E-state index in [9.17, 15) is 9.90 Å². The highest BCUT2D eigenvalue weighted by Crippen LogP contribution is 2.18. The van der Waals surface area contributed by atoms with Crippen LogP contribution < -0.4 is 11.1 Å².